The fourth-order valence-corrected chi connectivity index (χ4v) is 4.04. The van der Waals surface area contributed by atoms with Gasteiger partial charge in [-0.3, -0.25) is 4.79 Å². The van der Waals surface area contributed by atoms with Gasteiger partial charge in [-0.1, -0.05) is 0 Å². The molecular weight excluding hydrogens is 334 g/mol. The van der Waals surface area contributed by atoms with Crippen molar-refractivity contribution >= 4 is 15.7 Å². The third-order valence-corrected chi connectivity index (χ3v) is 5.67. The quantitative estimate of drug-likeness (QED) is 0.881. The summed E-state index contributed by atoms with van der Waals surface area (Å²) in [5.74, 6) is 0.847. The van der Waals surface area contributed by atoms with E-state index in [1.807, 2.05) is 0 Å². The lowest BCUT2D eigenvalue weighted by Crippen LogP contribution is -2.30. The second kappa shape index (κ2) is 6.56. The van der Waals surface area contributed by atoms with Crippen molar-refractivity contribution in [2.45, 2.75) is 17.1 Å². The van der Waals surface area contributed by atoms with E-state index in [0.717, 1.165) is 0 Å². The Bertz CT molecular complexity index is 828. The Labute approximate surface area is 139 Å². The van der Waals surface area contributed by atoms with Crippen LogP contribution in [0, 0.1) is 0 Å². The first-order chi connectivity index (χ1) is 11.5. The number of carbonyl (C=O) groups excluding carboxylic acids is 1. The summed E-state index contributed by atoms with van der Waals surface area (Å²) < 4.78 is 42.2. The molecular formula is C16H17NO6S. The van der Waals surface area contributed by atoms with Gasteiger partial charge in [-0.15, -0.1) is 0 Å². The summed E-state index contributed by atoms with van der Waals surface area (Å²) >= 11 is 0. The highest BCUT2D eigenvalue weighted by Gasteiger charge is 2.32. The molecule has 2 aromatic rings. The fourth-order valence-electron chi connectivity index (χ4n) is 2.44. The summed E-state index contributed by atoms with van der Waals surface area (Å²) in [6.45, 7) is 2.04. The Morgan fingerprint density at radius 2 is 1.96 bits per heavy atom. The summed E-state index contributed by atoms with van der Waals surface area (Å²) in [6, 6.07) is 7.65. The molecule has 8 heteroatoms. The first-order valence-corrected chi connectivity index (χ1v) is 8.94. The molecule has 1 aliphatic rings. The van der Waals surface area contributed by atoms with Gasteiger partial charge in [0.25, 0.3) is 0 Å². The predicted molar refractivity (Wildman–Crippen MR) is 84.8 cm³/mol. The van der Waals surface area contributed by atoms with Gasteiger partial charge in [0.15, 0.2) is 21.3 Å². The molecule has 24 heavy (non-hydrogen) atoms. The summed E-state index contributed by atoms with van der Waals surface area (Å²) in [5, 5.41) is 1.51. The van der Waals surface area contributed by atoms with Crippen molar-refractivity contribution in [1.29, 1.82) is 0 Å². The molecule has 7 nitrogen and oxygen atoms in total. The van der Waals surface area contributed by atoms with Crippen LogP contribution in [0.15, 0.2) is 45.9 Å². The lowest BCUT2D eigenvalue weighted by Gasteiger charge is -2.20. The lowest BCUT2D eigenvalue weighted by atomic mass is 10.3. The molecule has 1 N–H and O–H groups in total. The molecule has 1 aromatic heterocycles. The SMILES string of the molecule is CC(=O)NC[C@H](c1ccco1)S(=O)(=O)c1ccc2c(c1)OCCO2. The highest BCUT2D eigenvalue weighted by atomic mass is 32.2. The van der Waals surface area contributed by atoms with Crippen molar-refractivity contribution in [3.05, 3.63) is 42.4 Å². The maximum Gasteiger partial charge on any atom is 0.216 e. The van der Waals surface area contributed by atoms with Gasteiger partial charge in [-0.25, -0.2) is 8.42 Å². The van der Waals surface area contributed by atoms with E-state index in [-0.39, 0.29) is 23.1 Å². The maximum atomic E-state index is 13.0. The zero-order valence-corrected chi connectivity index (χ0v) is 13.8. The Hall–Kier alpha value is -2.48. The number of sulfone groups is 1. The molecule has 1 amide bonds. The minimum absolute atomic E-state index is 0.0819. The summed E-state index contributed by atoms with van der Waals surface area (Å²) in [6.07, 6.45) is 1.40. The molecule has 0 saturated carbocycles. The highest BCUT2D eigenvalue weighted by molar-refractivity contribution is 7.91. The van der Waals surface area contributed by atoms with E-state index in [2.05, 4.69) is 5.32 Å². The smallest absolute Gasteiger partial charge is 0.216 e. The average molecular weight is 351 g/mol. The Balaban J connectivity index is 1.97. The number of carbonyl (C=O) groups is 1. The molecule has 0 aliphatic carbocycles. The van der Waals surface area contributed by atoms with E-state index in [1.165, 1.54) is 25.3 Å². The van der Waals surface area contributed by atoms with E-state index in [4.69, 9.17) is 13.9 Å². The van der Waals surface area contributed by atoms with Crippen LogP contribution in [0.2, 0.25) is 0 Å². The maximum absolute atomic E-state index is 13.0. The van der Waals surface area contributed by atoms with E-state index in [9.17, 15) is 13.2 Å². The molecule has 0 fully saturated rings. The van der Waals surface area contributed by atoms with Crippen LogP contribution in [0.3, 0.4) is 0 Å². The van der Waals surface area contributed by atoms with Gasteiger partial charge in [-0.2, -0.15) is 0 Å². The molecule has 2 heterocycles. The van der Waals surface area contributed by atoms with Gasteiger partial charge >= 0.3 is 0 Å². The minimum atomic E-state index is -3.80. The monoisotopic (exact) mass is 351 g/mol. The third-order valence-electron chi connectivity index (χ3n) is 3.61. The van der Waals surface area contributed by atoms with Crippen molar-refractivity contribution in [3.8, 4) is 11.5 Å². The van der Waals surface area contributed by atoms with Crippen LogP contribution in [0.5, 0.6) is 11.5 Å². The number of nitrogens with one attached hydrogen (secondary N) is 1. The number of benzene rings is 1. The van der Waals surface area contributed by atoms with Gasteiger partial charge in [0.2, 0.25) is 5.91 Å². The van der Waals surface area contributed by atoms with Crippen LogP contribution in [0.25, 0.3) is 0 Å². The summed E-state index contributed by atoms with van der Waals surface area (Å²) in [4.78, 5) is 11.3. The van der Waals surface area contributed by atoms with E-state index in [0.29, 0.717) is 24.7 Å². The van der Waals surface area contributed by atoms with Crippen molar-refractivity contribution in [2.75, 3.05) is 19.8 Å². The van der Waals surface area contributed by atoms with Crippen LogP contribution >= 0.6 is 0 Å². The Kier molecular flexibility index (Phi) is 4.48. The van der Waals surface area contributed by atoms with Gasteiger partial charge in [-0.05, 0) is 24.3 Å². The fraction of sp³-hybridized carbons (Fsp3) is 0.312. The first kappa shape index (κ1) is 16.4. The molecule has 1 aromatic carbocycles. The van der Waals surface area contributed by atoms with Gasteiger partial charge < -0.3 is 19.2 Å². The number of fused-ring (bicyclic) bond motifs is 1. The van der Waals surface area contributed by atoms with E-state index >= 15 is 0 Å². The first-order valence-electron chi connectivity index (χ1n) is 7.40. The van der Waals surface area contributed by atoms with Crippen molar-refractivity contribution in [3.63, 3.8) is 0 Å². The summed E-state index contributed by atoms with van der Waals surface area (Å²) in [5.41, 5.74) is 0. The predicted octanol–water partition coefficient (Wildman–Crippen LogP) is 1.70. The Morgan fingerprint density at radius 3 is 2.62 bits per heavy atom. The zero-order valence-electron chi connectivity index (χ0n) is 13.0. The number of ether oxygens (including phenoxy) is 2. The molecule has 0 unspecified atom stereocenters. The molecule has 1 aliphatic heterocycles. The van der Waals surface area contributed by atoms with Gasteiger partial charge in [0.1, 0.15) is 24.2 Å². The topological polar surface area (TPSA) is 94.8 Å². The van der Waals surface area contributed by atoms with Crippen LogP contribution < -0.4 is 14.8 Å². The largest absolute Gasteiger partial charge is 0.486 e. The lowest BCUT2D eigenvalue weighted by molar-refractivity contribution is -0.118. The molecule has 0 spiro atoms. The van der Waals surface area contributed by atoms with E-state index < -0.39 is 15.1 Å². The van der Waals surface area contributed by atoms with Crippen LogP contribution in [0.1, 0.15) is 17.9 Å². The molecule has 0 saturated heterocycles. The van der Waals surface area contributed by atoms with Crippen LogP contribution in [0.4, 0.5) is 0 Å². The second-order valence-electron chi connectivity index (χ2n) is 5.29. The minimum Gasteiger partial charge on any atom is -0.486 e. The second-order valence-corrected chi connectivity index (χ2v) is 7.42. The van der Waals surface area contributed by atoms with Crippen molar-refractivity contribution < 1.29 is 27.1 Å². The third kappa shape index (κ3) is 3.23. The summed E-state index contributed by atoms with van der Waals surface area (Å²) in [7, 11) is -3.80. The number of hydrogen-bond donors (Lipinski definition) is 1. The molecule has 128 valence electrons. The number of rotatable bonds is 5. The molecule has 3 rings (SSSR count). The van der Waals surface area contributed by atoms with Crippen molar-refractivity contribution in [2.24, 2.45) is 0 Å². The van der Waals surface area contributed by atoms with Crippen molar-refractivity contribution in [1.82, 2.24) is 5.32 Å². The van der Waals surface area contributed by atoms with Crippen LogP contribution in [-0.2, 0) is 14.6 Å². The average Bonchev–Trinajstić information content (AvgIpc) is 3.08. The molecule has 1 atom stereocenters. The highest BCUT2D eigenvalue weighted by Crippen LogP contribution is 2.36. The number of amides is 1. The van der Waals surface area contributed by atoms with Crippen LogP contribution in [-0.4, -0.2) is 34.1 Å². The number of hydrogen-bond acceptors (Lipinski definition) is 6. The van der Waals surface area contributed by atoms with Gasteiger partial charge in [0.05, 0.1) is 11.2 Å². The standard InChI is InChI=1S/C16H17NO6S/c1-11(18)17-10-16(14-3-2-6-21-14)24(19,20)12-4-5-13-15(9-12)23-8-7-22-13/h2-6,9,16H,7-8,10H2,1H3,(H,17,18)/t16-/m1/s1. The molecule has 0 bridgehead atoms. The van der Waals surface area contributed by atoms with E-state index in [1.54, 1.807) is 18.2 Å². The Morgan fingerprint density at radius 1 is 1.21 bits per heavy atom. The number of furan rings is 1. The normalized spacial score (nSPS) is 14.9. The molecule has 0 radical (unpaired) electrons. The zero-order chi connectivity index (χ0) is 17.2. The van der Waals surface area contributed by atoms with Gasteiger partial charge in [0, 0.05) is 19.5 Å².